The van der Waals surface area contributed by atoms with E-state index in [0.29, 0.717) is 6.42 Å². The summed E-state index contributed by atoms with van der Waals surface area (Å²) in [6.45, 7) is 1.87. The van der Waals surface area contributed by atoms with Gasteiger partial charge in [-0.25, -0.2) is 8.42 Å². The van der Waals surface area contributed by atoms with E-state index in [1.54, 1.807) is 6.92 Å². The van der Waals surface area contributed by atoms with E-state index < -0.39 is 9.84 Å². The highest BCUT2D eigenvalue weighted by Crippen LogP contribution is 2.19. The summed E-state index contributed by atoms with van der Waals surface area (Å²) in [5.74, 6) is 2.41. The number of rotatable bonds is 3. The summed E-state index contributed by atoms with van der Waals surface area (Å²) >= 11 is 3.18. The summed E-state index contributed by atoms with van der Waals surface area (Å²) in [6, 6.07) is -0.270. The fourth-order valence-electron chi connectivity index (χ4n) is 1.74. The van der Waals surface area contributed by atoms with E-state index >= 15 is 0 Å². The van der Waals surface area contributed by atoms with Crippen LogP contribution in [-0.4, -0.2) is 48.1 Å². The number of alkyl halides is 1. The van der Waals surface area contributed by atoms with Crippen LogP contribution >= 0.6 is 15.9 Å². The molecule has 0 aromatic carbocycles. The largest absolute Gasteiger partial charge is 0.327 e. The monoisotopic (exact) mass is 307 g/mol. The molecular formula is C10H14BrNO3S. The van der Waals surface area contributed by atoms with Gasteiger partial charge in [0, 0.05) is 6.04 Å². The van der Waals surface area contributed by atoms with Gasteiger partial charge in [-0.1, -0.05) is 21.9 Å². The number of nitrogens with zero attached hydrogens (tertiary/aromatic N) is 1. The van der Waals surface area contributed by atoms with Crippen LogP contribution in [0.3, 0.4) is 0 Å². The van der Waals surface area contributed by atoms with Gasteiger partial charge in [-0.3, -0.25) is 4.79 Å². The quantitative estimate of drug-likeness (QED) is 0.561. The van der Waals surface area contributed by atoms with Gasteiger partial charge in [0.25, 0.3) is 0 Å². The standard InChI is InChI=1S/C10H14BrNO3S/c1-3-5-12(10(13)8(2)11)9-4-6-16(14,15)7-9/h1,8-9H,4-7H2,2H3. The molecule has 1 rings (SSSR count). The number of hydrogen-bond acceptors (Lipinski definition) is 3. The third-order valence-electron chi connectivity index (χ3n) is 2.53. The summed E-state index contributed by atoms with van der Waals surface area (Å²) in [5, 5.41) is 0. The maximum absolute atomic E-state index is 11.8. The highest BCUT2D eigenvalue weighted by molar-refractivity contribution is 9.10. The number of carbonyl (C=O) groups excluding carboxylic acids is 1. The van der Waals surface area contributed by atoms with Gasteiger partial charge in [0.1, 0.15) is 0 Å². The van der Waals surface area contributed by atoms with E-state index in [2.05, 4.69) is 21.9 Å². The molecule has 1 aliphatic rings. The van der Waals surface area contributed by atoms with E-state index in [0.717, 1.165) is 0 Å². The normalized spacial score (nSPS) is 24.7. The molecule has 2 unspecified atom stereocenters. The summed E-state index contributed by atoms with van der Waals surface area (Å²) in [5.41, 5.74) is 0. The maximum Gasteiger partial charge on any atom is 0.237 e. The molecule has 0 aromatic heterocycles. The molecule has 0 saturated carbocycles. The Morgan fingerprint density at radius 2 is 2.31 bits per heavy atom. The van der Waals surface area contributed by atoms with Crippen LogP contribution < -0.4 is 0 Å². The molecule has 1 heterocycles. The predicted octanol–water partition coefficient (Wildman–Crippen LogP) is 0.419. The van der Waals surface area contributed by atoms with Gasteiger partial charge in [-0.2, -0.15) is 0 Å². The first kappa shape index (κ1) is 13.5. The fourth-order valence-corrected chi connectivity index (χ4v) is 3.73. The van der Waals surface area contributed by atoms with Crippen LogP contribution in [0, 0.1) is 12.3 Å². The van der Waals surface area contributed by atoms with Gasteiger partial charge < -0.3 is 4.90 Å². The molecule has 0 aliphatic carbocycles. The molecule has 1 amide bonds. The summed E-state index contributed by atoms with van der Waals surface area (Å²) in [4.78, 5) is 13.0. The second-order valence-electron chi connectivity index (χ2n) is 3.84. The molecule has 1 saturated heterocycles. The Morgan fingerprint density at radius 3 is 2.69 bits per heavy atom. The zero-order chi connectivity index (χ0) is 12.3. The van der Waals surface area contributed by atoms with E-state index in [4.69, 9.17) is 6.42 Å². The lowest BCUT2D eigenvalue weighted by molar-refractivity contribution is -0.131. The van der Waals surface area contributed by atoms with Crippen molar-refractivity contribution in [3.63, 3.8) is 0 Å². The van der Waals surface area contributed by atoms with E-state index in [1.807, 2.05) is 0 Å². The van der Waals surface area contributed by atoms with Crippen LogP contribution in [0.5, 0.6) is 0 Å². The molecule has 0 bridgehead atoms. The van der Waals surface area contributed by atoms with Crippen molar-refractivity contribution in [3.05, 3.63) is 0 Å². The number of carbonyl (C=O) groups is 1. The zero-order valence-electron chi connectivity index (χ0n) is 9.02. The van der Waals surface area contributed by atoms with Crippen molar-refractivity contribution >= 4 is 31.7 Å². The van der Waals surface area contributed by atoms with Gasteiger partial charge in [0.15, 0.2) is 9.84 Å². The Labute approximate surface area is 104 Å². The molecule has 1 fully saturated rings. The van der Waals surface area contributed by atoms with E-state index in [9.17, 15) is 13.2 Å². The third-order valence-corrected chi connectivity index (χ3v) is 4.68. The summed E-state index contributed by atoms with van der Waals surface area (Å²) in [7, 11) is -3.00. The van der Waals surface area contributed by atoms with Crippen LogP contribution in [0.2, 0.25) is 0 Å². The van der Waals surface area contributed by atoms with Crippen molar-refractivity contribution < 1.29 is 13.2 Å². The average Bonchev–Trinajstić information content (AvgIpc) is 2.54. The Hall–Kier alpha value is -0.540. The number of halogens is 1. The van der Waals surface area contributed by atoms with Crippen LogP contribution in [0.15, 0.2) is 0 Å². The van der Waals surface area contributed by atoms with E-state index in [1.165, 1.54) is 4.90 Å². The van der Waals surface area contributed by atoms with Crippen molar-refractivity contribution in [1.82, 2.24) is 4.90 Å². The molecule has 0 radical (unpaired) electrons. The molecule has 6 heteroatoms. The number of terminal acetylenes is 1. The molecule has 16 heavy (non-hydrogen) atoms. The lowest BCUT2D eigenvalue weighted by atomic mass is 10.2. The molecule has 4 nitrogen and oxygen atoms in total. The van der Waals surface area contributed by atoms with Gasteiger partial charge >= 0.3 is 0 Å². The molecule has 0 N–H and O–H groups in total. The van der Waals surface area contributed by atoms with E-state index in [-0.39, 0.29) is 34.8 Å². The number of amides is 1. The SMILES string of the molecule is C#CCN(C(=O)C(C)Br)C1CCS(=O)(=O)C1. The first-order valence-electron chi connectivity index (χ1n) is 4.96. The van der Waals surface area contributed by atoms with Crippen molar-refractivity contribution in [2.75, 3.05) is 18.1 Å². The zero-order valence-corrected chi connectivity index (χ0v) is 11.4. The van der Waals surface area contributed by atoms with Gasteiger partial charge in [0.2, 0.25) is 5.91 Å². The van der Waals surface area contributed by atoms with Gasteiger partial charge in [-0.15, -0.1) is 6.42 Å². The van der Waals surface area contributed by atoms with Gasteiger partial charge in [-0.05, 0) is 13.3 Å². The first-order chi connectivity index (χ1) is 7.37. The topological polar surface area (TPSA) is 54.5 Å². The lowest BCUT2D eigenvalue weighted by Gasteiger charge is -2.27. The van der Waals surface area contributed by atoms with Crippen molar-refractivity contribution in [2.24, 2.45) is 0 Å². The van der Waals surface area contributed by atoms with Crippen LogP contribution in [-0.2, 0) is 14.6 Å². The van der Waals surface area contributed by atoms with Gasteiger partial charge in [0.05, 0.1) is 22.9 Å². The Bertz CT molecular complexity index is 410. The Balaban J connectivity index is 2.80. The molecule has 2 atom stereocenters. The molecule has 0 aromatic rings. The summed E-state index contributed by atoms with van der Waals surface area (Å²) < 4.78 is 22.7. The molecule has 0 spiro atoms. The Kier molecular flexibility index (Phi) is 4.39. The molecule has 1 aliphatic heterocycles. The van der Waals surface area contributed by atoms with Crippen molar-refractivity contribution in [2.45, 2.75) is 24.2 Å². The number of hydrogen-bond donors (Lipinski definition) is 0. The summed E-state index contributed by atoms with van der Waals surface area (Å²) in [6.07, 6.45) is 5.68. The van der Waals surface area contributed by atoms with Crippen LogP contribution in [0.4, 0.5) is 0 Å². The predicted molar refractivity (Wildman–Crippen MR) is 66.0 cm³/mol. The second-order valence-corrected chi connectivity index (χ2v) is 7.45. The third kappa shape index (κ3) is 3.22. The number of sulfone groups is 1. The minimum atomic E-state index is -3.00. The van der Waals surface area contributed by atoms with Crippen LogP contribution in [0.1, 0.15) is 13.3 Å². The highest BCUT2D eigenvalue weighted by Gasteiger charge is 2.35. The fraction of sp³-hybridized carbons (Fsp3) is 0.700. The lowest BCUT2D eigenvalue weighted by Crippen LogP contribution is -2.44. The highest BCUT2D eigenvalue weighted by atomic mass is 79.9. The first-order valence-corrected chi connectivity index (χ1v) is 7.69. The minimum Gasteiger partial charge on any atom is -0.327 e. The smallest absolute Gasteiger partial charge is 0.237 e. The maximum atomic E-state index is 11.8. The minimum absolute atomic E-state index is 0.0279. The Morgan fingerprint density at radius 1 is 1.69 bits per heavy atom. The molecule has 90 valence electrons. The molecular weight excluding hydrogens is 294 g/mol. The average molecular weight is 308 g/mol. The second kappa shape index (κ2) is 5.19. The van der Waals surface area contributed by atoms with Crippen molar-refractivity contribution in [1.29, 1.82) is 0 Å². The van der Waals surface area contributed by atoms with Crippen molar-refractivity contribution in [3.8, 4) is 12.3 Å². The van der Waals surface area contributed by atoms with Crippen LogP contribution in [0.25, 0.3) is 0 Å².